The van der Waals surface area contributed by atoms with Crippen LogP contribution in [0.15, 0.2) is 48.5 Å². The Hall–Kier alpha value is -3.09. The molecule has 1 heterocycles. The van der Waals surface area contributed by atoms with Crippen molar-refractivity contribution in [2.24, 2.45) is 0 Å². The van der Waals surface area contributed by atoms with Crippen LogP contribution >= 0.6 is 0 Å². The first-order valence-electron chi connectivity index (χ1n) is 11.9. The fraction of sp³-hybridized carbons (Fsp3) is 0.481. The Bertz CT molecular complexity index is 1100. The van der Waals surface area contributed by atoms with Crippen LogP contribution in [-0.4, -0.2) is 52.2 Å². The predicted molar refractivity (Wildman–Crippen MR) is 127 cm³/mol. The maximum Gasteiger partial charge on any atom is 0.408 e. The van der Waals surface area contributed by atoms with Gasteiger partial charge in [-0.2, -0.15) is 0 Å². The largest absolute Gasteiger partial charge is 0.444 e. The number of halogens is 1. The van der Waals surface area contributed by atoms with E-state index in [2.05, 4.69) is 17.4 Å². The summed E-state index contributed by atoms with van der Waals surface area (Å²) < 4.78 is 19.0. The van der Waals surface area contributed by atoms with E-state index in [1.807, 2.05) is 49.8 Å². The molecule has 2 aromatic carbocycles. The van der Waals surface area contributed by atoms with Crippen molar-refractivity contribution in [1.82, 2.24) is 15.1 Å². The molecule has 34 heavy (non-hydrogen) atoms. The van der Waals surface area contributed by atoms with Gasteiger partial charge in [0.25, 0.3) is 0 Å². The van der Waals surface area contributed by atoms with Gasteiger partial charge in [-0.15, -0.1) is 0 Å². The lowest BCUT2D eigenvalue weighted by molar-refractivity contribution is -0.154. The third kappa shape index (κ3) is 3.81. The van der Waals surface area contributed by atoms with Gasteiger partial charge in [0.05, 0.1) is 17.1 Å². The Balaban J connectivity index is 1.32. The molecule has 2 bridgehead atoms. The van der Waals surface area contributed by atoms with E-state index in [1.165, 1.54) is 17.7 Å². The molecule has 1 aliphatic heterocycles. The third-order valence-electron chi connectivity index (χ3n) is 7.48. The molecular formula is C27H32FN3O3. The molecule has 2 aromatic rings. The van der Waals surface area contributed by atoms with Gasteiger partial charge >= 0.3 is 12.1 Å². The average molecular weight is 466 g/mol. The molecular weight excluding hydrogens is 433 g/mol. The third-order valence-corrected chi connectivity index (χ3v) is 7.48. The van der Waals surface area contributed by atoms with Crippen LogP contribution in [0, 0.1) is 5.82 Å². The fourth-order valence-electron chi connectivity index (χ4n) is 5.92. The van der Waals surface area contributed by atoms with Crippen LogP contribution in [-0.2, 0) is 11.2 Å². The highest BCUT2D eigenvalue weighted by Gasteiger charge is 2.72. The van der Waals surface area contributed by atoms with Crippen LogP contribution in [0.25, 0.3) is 0 Å². The normalized spacial score (nSPS) is 27.1. The molecule has 3 aliphatic carbocycles. The minimum Gasteiger partial charge on any atom is -0.444 e. The molecule has 6 rings (SSSR count). The van der Waals surface area contributed by atoms with Crippen molar-refractivity contribution in [1.29, 1.82) is 0 Å². The predicted octanol–water partition coefficient (Wildman–Crippen LogP) is 5.02. The van der Waals surface area contributed by atoms with E-state index in [9.17, 15) is 14.0 Å². The Morgan fingerprint density at radius 2 is 1.74 bits per heavy atom. The van der Waals surface area contributed by atoms with Gasteiger partial charge in [0.2, 0.25) is 0 Å². The van der Waals surface area contributed by atoms with Crippen molar-refractivity contribution < 1.29 is 18.7 Å². The van der Waals surface area contributed by atoms with Crippen LogP contribution in [0.3, 0.4) is 0 Å². The van der Waals surface area contributed by atoms with Gasteiger partial charge in [-0.3, -0.25) is 0 Å². The summed E-state index contributed by atoms with van der Waals surface area (Å²) in [5.74, 6) is -0.292. The van der Waals surface area contributed by atoms with Crippen LogP contribution in [0.4, 0.5) is 14.0 Å². The summed E-state index contributed by atoms with van der Waals surface area (Å²) in [5, 5.41) is 3.02. The molecule has 0 aromatic heterocycles. The minimum atomic E-state index is -0.544. The number of alkyl carbamates (subject to hydrolysis) is 1. The van der Waals surface area contributed by atoms with Gasteiger partial charge in [0.15, 0.2) is 0 Å². The molecule has 6 nitrogen and oxygen atoms in total. The molecule has 0 radical (unpaired) electrons. The van der Waals surface area contributed by atoms with Crippen molar-refractivity contribution in [3.8, 4) is 0 Å². The second-order valence-electron chi connectivity index (χ2n) is 11.1. The lowest BCUT2D eigenvalue weighted by atomic mass is 9.43. The van der Waals surface area contributed by atoms with E-state index >= 15 is 0 Å². The maximum absolute atomic E-state index is 13.8. The molecule has 1 N–H and O–H groups in total. The number of nitrogens with zero attached hydrogens (tertiary/aromatic N) is 2. The number of nitrogens with one attached hydrogen (secondary N) is 1. The second kappa shape index (κ2) is 7.72. The number of hydrogen-bond donors (Lipinski definition) is 1. The standard InChI is InChI=1S/C27H32FN3O3/c1-25(2,3)34-23(32)29-26-15-27(16-26,17-26)30(4)24(33)31-14-13-18-7-5-6-8-21(18)22(31)19-9-11-20(28)12-10-19/h5-12,22H,13-17H2,1-4H3,(H,29,32)/t22-,26?,27?/m0/s1. The van der Waals surface area contributed by atoms with E-state index < -0.39 is 11.7 Å². The topological polar surface area (TPSA) is 61.9 Å². The number of carbonyl (C=O) groups excluding carboxylic acids is 2. The number of hydrogen-bond acceptors (Lipinski definition) is 3. The number of rotatable bonds is 3. The Kier molecular flexibility index (Phi) is 5.15. The summed E-state index contributed by atoms with van der Waals surface area (Å²) in [4.78, 5) is 29.8. The molecule has 7 heteroatoms. The van der Waals surface area contributed by atoms with Gasteiger partial charge in [0, 0.05) is 13.6 Å². The second-order valence-corrected chi connectivity index (χ2v) is 11.1. The lowest BCUT2D eigenvalue weighted by Gasteiger charge is -2.72. The fourth-order valence-corrected chi connectivity index (χ4v) is 5.92. The zero-order valence-corrected chi connectivity index (χ0v) is 20.2. The first kappa shape index (κ1) is 22.7. The molecule has 3 amide bonds. The van der Waals surface area contributed by atoms with Gasteiger partial charge in [-0.1, -0.05) is 36.4 Å². The number of carbonyl (C=O) groups is 2. The summed E-state index contributed by atoms with van der Waals surface area (Å²) in [7, 11) is 1.86. The number of amides is 3. The number of urea groups is 1. The Labute approximate surface area is 200 Å². The van der Waals surface area contributed by atoms with Gasteiger partial charge < -0.3 is 19.9 Å². The van der Waals surface area contributed by atoms with Crippen LogP contribution in [0.5, 0.6) is 0 Å². The zero-order valence-electron chi connectivity index (χ0n) is 20.2. The zero-order chi connectivity index (χ0) is 24.3. The van der Waals surface area contributed by atoms with Crippen molar-refractivity contribution in [3.05, 3.63) is 71.0 Å². The van der Waals surface area contributed by atoms with E-state index in [0.717, 1.165) is 36.8 Å². The summed E-state index contributed by atoms with van der Waals surface area (Å²) in [6.45, 7) is 6.13. The maximum atomic E-state index is 13.8. The van der Waals surface area contributed by atoms with Gasteiger partial charge in [-0.05, 0) is 75.3 Å². The van der Waals surface area contributed by atoms with E-state index in [0.29, 0.717) is 6.54 Å². The van der Waals surface area contributed by atoms with E-state index in [-0.39, 0.29) is 29.0 Å². The smallest absolute Gasteiger partial charge is 0.408 e. The number of ether oxygens (including phenoxy) is 1. The molecule has 4 aliphatic rings. The van der Waals surface area contributed by atoms with Gasteiger partial charge in [0.1, 0.15) is 11.4 Å². The highest BCUT2D eigenvalue weighted by molar-refractivity contribution is 5.78. The quantitative estimate of drug-likeness (QED) is 0.692. The van der Waals surface area contributed by atoms with Crippen molar-refractivity contribution in [3.63, 3.8) is 0 Å². The average Bonchev–Trinajstić information content (AvgIpc) is 2.73. The minimum absolute atomic E-state index is 0.0330. The molecule has 0 unspecified atom stereocenters. The summed E-state index contributed by atoms with van der Waals surface area (Å²) >= 11 is 0. The molecule has 0 saturated heterocycles. The highest BCUT2D eigenvalue weighted by Crippen LogP contribution is 2.63. The van der Waals surface area contributed by atoms with Crippen molar-refractivity contribution >= 4 is 12.1 Å². The number of benzene rings is 2. The Morgan fingerprint density at radius 1 is 1.09 bits per heavy atom. The van der Waals surface area contributed by atoms with Crippen LogP contribution < -0.4 is 5.32 Å². The highest BCUT2D eigenvalue weighted by atomic mass is 19.1. The van der Waals surface area contributed by atoms with Crippen LogP contribution in [0.2, 0.25) is 0 Å². The summed E-state index contributed by atoms with van der Waals surface area (Å²) in [6.07, 6.45) is 2.57. The molecule has 3 saturated carbocycles. The Morgan fingerprint density at radius 3 is 2.38 bits per heavy atom. The van der Waals surface area contributed by atoms with Crippen LogP contribution in [0.1, 0.15) is 62.8 Å². The first-order valence-corrected chi connectivity index (χ1v) is 11.9. The molecule has 3 fully saturated rings. The van der Waals surface area contributed by atoms with E-state index in [4.69, 9.17) is 4.74 Å². The summed E-state index contributed by atoms with van der Waals surface area (Å²) in [6, 6.07) is 14.3. The lowest BCUT2D eigenvalue weighted by Crippen LogP contribution is -2.84. The van der Waals surface area contributed by atoms with Crippen molar-refractivity contribution in [2.45, 2.75) is 69.2 Å². The SMILES string of the molecule is CN(C(=O)N1CCc2ccccc2[C@@H]1c1ccc(F)cc1)C12CC(NC(=O)OC(C)(C)C)(C1)C2. The van der Waals surface area contributed by atoms with Crippen molar-refractivity contribution in [2.75, 3.05) is 13.6 Å². The molecule has 1 atom stereocenters. The monoisotopic (exact) mass is 465 g/mol. The number of fused-ring (bicyclic) bond motifs is 1. The molecule has 180 valence electrons. The van der Waals surface area contributed by atoms with E-state index in [1.54, 1.807) is 12.1 Å². The summed E-state index contributed by atoms with van der Waals surface area (Å²) in [5.41, 5.74) is 2.14. The first-order chi connectivity index (χ1) is 16.0. The van der Waals surface area contributed by atoms with Gasteiger partial charge in [-0.25, -0.2) is 14.0 Å². The molecule has 0 spiro atoms.